The SMILES string of the molecule is O=C(Nc1cccc(Cl)c1C(=O)O)c1cnc[nH]1. The van der Waals surface area contributed by atoms with Crippen molar-refractivity contribution >= 4 is 29.2 Å². The maximum Gasteiger partial charge on any atom is 0.339 e. The average molecular weight is 266 g/mol. The fourth-order valence-electron chi connectivity index (χ4n) is 1.42. The largest absolute Gasteiger partial charge is 0.478 e. The van der Waals surface area contributed by atoms with Crippen molar-refractivity contribution in [2.75, 3.05) is 5.32 Å². The number of aromatic carboxylic acids is 1. The maximum atomic E-state index is 11.7. The zero-order valence-corrected chi connectivity index (χ0v) is 9.73. The van der Waals surface area contributed by atoms with Gasteiger partial charge in [-0.2, -0.15) is 0 Å². The molecule has 0 spiro atoms. The summed E-state index contributed by atoms with van der Waals surface area (Å²) in [6, 6.07) is 4.46. The molecule has 0 saturated carbocycles. The van der Waals surface area contributed by atoms with E-state index in [-0.39, 0.29) is 22.0 Å². The Morgan fingerprint density at radius 1 is 1.39 bits per heavy atom. The van der Waals surface area contributed by atoms with Crippen LogP contribution < -0.4 is 5.32 Å². The van der Waals surface area contributed by atoms with Crippen molar-refractivity contribution in [1.29, 1.82) is 0 Å². The number of H-pyrrole nitrogens is 1. The van der Waals surface area contributed by atoms with E-state index in [4.69, 9.17) is 16.7 Å². The molecule has 2 aromatic rings. The highest BCUT2D eigenvalue weighted by Crippen LogP contribution is 2.24. The molecule has 1 amide bonds. The molecular weight excluding hydrogens is 258 g/mol. The normalized spacial score (nSPS) is 10.1. The quantitative estimate of drug-likeness (QED) is 0.791. The van der Waals surface area contributed by atoms with Gasteiger partial charge in [0.15, 0.2) is 0 Å². The molecule has 0 fully saturated rings. The van der Waals surface area contributed by atoms with Crippen molar-refractivity contribution in [3.05, 3.63) is 47.0 Å². The maximum absolute atomic E-state index is 11.7. The van der Waals surface area contributed by atoms with Gasteiger partial charge in [0.25, 0.3) is 5.91 Å². The van der Waals surface area contributed by atoms with Gasteiger partial charge >= 0.3 is 5.97 Å². The highest BCUT2D eigenvalue weighted by atomic mass is 35.5. The molecule has 0 radical (unpaired) electrons. The number of nitrogens with zero attached hydrogens (tertiary/aromatic N) is 1. The van der Waals surface area contributed by atoms with Crippen LogP contribution in [0.5, 0.6) is 0 Å². The van der Waals surface area contributed by atoms with Gasteiger partial charge in [0.05, 0.1) is 23.2 Å². The van der Waals surface area contributed by atoms with E-state index in [1.165, 1.54) is 24.7 Å². The number of carbonyl (C=O) groups excluding carboxylic acids is 1. The third-order valence-corrected chi connectivity index (χ3v) is 2.53. The van der Waals surface area contributed by atoms with Gasteiger partial charge in [0.1, 0.15) is 11.3 Å². The lowest BCUT2D eigenvalue weighted by atomic mass is 10.1. The van der Waals surface area contributed by atoms with E-state index < -0.39 is 11.9 Å². The Kier molecular flexibility index (Phi) is 3.29. The van der Waals surface area contributed by atoms with E-state index in [1.807, 2.05) is 0 Å². The van der Waals surface area contributed by atoms with Crippen molar-refractivity contribution < 1.29 is 14.7 Å². The lowest BCUT2D eigenvalue weighted by molar-refractivity contribution is 0.0698. The number of amides is 1. The number of halogens is 1. The average Bonchev–Trinajstić information content (AvgIpc) is 2.81. The van der Waals surface area contributed by atoms with Crippen molar-refractivity contribution in [1.82, 2.24) is 9.97 Å². The fraction of sp³-hybridized carbons (Fsp3) is 0. The Bertz CT molecular complexity index is 596. The Balaban J connectivity index is 2.32. The smallest absolute Gasteiger partial charge is 0.339 e. The zero-order valence-electron chi connectivity index (χ0n) is 8.98. The molecular formula is C11H8ClN3O3. The molecule has 92 valence electrons. The molecule has 6 nitrogen and oxygen atoms in total. The van der Waals surface area contributed by atoms with Crippen LogP contribution in [0, 0.1) is 0 Å². The predicted molar refractivity (Wildman–Crippen MR) is 65.0 cm³/mol. The molecule has 18 heavy (non-hydrogen) atoms. The van der Waals surface area contributed by atoms with E-state index in [0.29, 0.717) is 0 Å². The number of carbonyl (C=O) groups is 2. The van der Waals surface area contributed by atoms with Crippen molar-refractivity contribution in [3.63, 3.8) is 0 Å². The van der Waals surface area contributed by atoms with E-state index in [0.717, 1.165) is 0 Å². The first-order valence-corrected chi connectivity index (χ1v) is 5.29. The monoisotopic (exact) mass is 265 g/mol. The Labute approximate surface area is 107 Å². The van der Waals surface area contributed by atoms with Crippen LogP contribution in [-0.4, -0.2) is 27.0 Å². The molecule has 0 atom stereocenters. The number of aromatic nitrogens is 2. The summed E-state index contributed by atoms with van der Waals surface area (Å²) in [5.41, 5.74) is 0.216. The van der Waals surface area contributed by atoms with Crippen LogP contribution in [0.4, 0.5) is 5.69 Å². The summed E-state index contributed by atoms with van der Waals surface area (Å²) in [5.74, 6) is -1.70. The molecule has 0 aliphatic rings. The summed E-state index contributed by atoms with van der Waals surface area (Å²) < 4.78 is 0. The number of nitrogens with one attached hydrogen (secondary N) is 2. The first kappa shape index (κ1) is 12.1. The Morgan fingerprint density at radius 3 is 2.78 bits per heavy atom. The van der Waals surface area contributed by atoms with Crippen molar-refractivity contribution in [2.24, 2.45) is 0 Å². The highest BCUT2D eigenvalue weighted by molar-refractivity contribution is 6.34. The number of imidazole rings is 1. The van der Waals surface area contributed by atoms with Gasteiger partial charge in [0, 0.05) is 0 Å². The van der Waals surface area contributed by atoms with E-state index in [1.54, 1.807) is 6.07 Å². The first-order chi connectivity index (χ1) is 8.59. The minimum atomic E-state index is -1.21. The number of hydrogen-bond acceptors (Lipinski definition) is 3. The number of anilines is 1. The molecule has 7 heteroatoms. The number of hydrogen-bond donors (Lipinski definition) is 3. The van der Waals surface area contributed by atoms with Gasteiger partial charge in [-0.1, -0.05) is 17.7 Å². The number of benzene rings is 1. The third kappa shape index (κ3) is 2.33. The van der Waals surface area contributed by atoms with E-state index >= 15 is 0 Å². The summed E-state index contributed by atoms with van der Waals surface area (Å²) >= 11 is 5.78. The molecule has 2 rings (SSSR count). The summed E-state index contributed by atoms with van der Waals surface area (Å²) in [7, 11) is 0. The minimum absolute atomic E-state index is 0.0601. The van der Waals surface area contributed by atoms with Crippen LogP contribution >= 0.6 is 11.6 Å². The molecule has 3 N–H and O–H groups in total. The van der Waals surface area contributed by atoms with Crippen LogP contribution in [-0.2, 0) is 0 Å². The predicted octanol–water partition coefficient (Wildman–Crippen LogP) is 2.01. The van der Waals surface area contributed by atoms with Crippen molar-refractivity contribution in [3.8, 4) is 0 Å². The van der Waals surface area contributed by atoms with E-state index in [2.05, 4.69) is 15.3 Å². The lowest BCUT2D eigenvalue weighted by Crippen LogP contribution is -2.15. The summed E-state index contributed by atoms with van der Waals surface area (Å²) in [4.78, 5) is 29.1. The zero-order chi connectivity index (χ0) is 13.1. The summed E-state index contributed by atoms with van der Waals surface area (Å²) in [6.45, 7) is 0. The minimum Gasteiger partial charge on any atom is -0.478 e. The summed E-state index contributed by atoms with van der Waals surface area (Å²) in [5, 5.41) is 11.6. The highest BCUT2D eigenvalue weighted by Gasteiger charge is 2.17. The van der Waals surface area contributed by atoms with E-state index in [9.17, 15) is 9.59 Å². The summed E-state index contributed by atoms with van der Waals surface area (Å²) in [6.07, 6.45) is 2.69. The first-order valence-electron chi connectivity index (χ1n) is 4.91. The second-order valence-electron chi connectivity index (χ2n) is 3.39. The second-order valence-corrected chi connectivity index (χ2v) is 3.79. The van der Waals surface area contributed by atoms with Crippen molar-refractivity contribution in [2.45, 2.75) is 0 Å². The molecule has 0 saturated heterocycles. The number of carboxylic acids is 1. The standard InChI is InChI=1S/C11H8ClN3O3/c12-6-2-1-3-7(9(6)11(17)18)15-10(16)8-4-13-5-14-8/h1-5H,(H,13,14)(H,15,16)(H,17,18). The molecule has 0 unspecified atom stereocenters. The van der Waals surface area contributed by atoms with Gasteiger partial charge in [0.2, 0.25) is 0 Å². The van der Waals surface area contributed by atoms with Gasteiger partial charge in [-0.05, 0) is 12.1 Å². The number of aromatic amines is 1. The number of carboxylic acid groups (broad SMARTS) is 1. The number of rotatable bonds is 3. The molecule has 1 aromatic heterocycles. The molecule has 0 aliphatic heterocycles. The third-order valence-electron chi connectivity index (χ3n) is 2.22. The molecule has 0 bridgehead atoms. The molecule has 0 aliphatic carbocycles. The Morgan fingerprint density at radius 2 is 2.17 bits per heavy atom. The second kappa shape index (κ2) is 4.89. The van der Waals surface area contributed by atoms with Gasteiger partial charge in [-0.15, -0.1) is 0 Å². The van der Waals surface area contributed by atoms with Gasteiger partial charge in [-0.3, -0.25) is 4.79 Å². The van der Waals surface area contributed by atoms with Gasteiger partial charge in [-0.25, -0.2) is 9.78 Å². The van der Waals surface area contributed by atoms with Crippen LogP contribution in [0.3, 0.4) is 0 Å². The van der Waals surface area contributed by atoms with Crippen LogP contribution in [0.1, 0.15) is 20.8 Å². The van der Waals surface area contributed by atoms with Crippen LogP contribution in [0.15, 0.2) is 30.7 Å². The van der Waals surface area contributed by atoms with Gasteiger partial charge < -0.3 is 15.4 Å². The van der Waals surface area contributed by atoms with Crippen LogP contribution in [0.25, 0.3) is 0 Å². The topological polar surface area (TPSA) is 95.1 Å². The Hall–Kier alpha value is -2.34. The molecule has 1 aromatic carbocycles. The van der Waals surface area contributed by atoms with Crippen LogP contribution in [0.2, 0.25) is 5.02 Å². The lowest BCUT2D eigenvalue weighted by Gasteiger charge is -2.08. The fourth-order valence-corrected chi connectivity index (χ4v) is 1.67. The molecule has 1 heterocycles.